The van der Waals surface area contributed by atoms with Crippen molar-refractivity contribution in [2.45, 2.75) is 13.0 Å². The Kier molecular flexibility index (Phi) is 3.72. The number of para-hydroxylation sites is 1. The van der Waals surface area contributed by atoms with Crippen molar-refractivity contribution >= 4 is 17.4 Å². The van der Waals surface area contributed by atoms with Gasteiger partial charge in [-0.05, 0) is 19.1 Å². The molecule has 3 heterocycles. The van der Waals surface area contributed by atoms with Crippen LogP contribution in [0.2, 0.25) is 0 Å². The summed E-state index contributed by atoms with van der Waals surface area (Å²) in [7, 11) is 0. The van der Waals surface area contributed by atoms with Crippen molar-refractivity contribution in [3.8, 4) is 5.75 Å². The number of hydrogen-bond acceptors (Lipinski definition) is 5. The Labute approximate surface area is 142 Å². The molecule has 1 aromatic carbocycles. The lowest BCUT2D eigenvalue weighted by Gasteiger charge is -2.18. The molecule has 2 aromatic heterocycles. The highest BCUT2D eigenvalue weighted by Gasteiger charge is 2.22. The number of aromatic nitrogens is 3. The summed E-state index contributed by atoms with van der Waals surface area (Å²) in [5.74, 6) is -0.176. The summed E-state index contributed by atoms with van der Waals surface area (Å²) in [5, 5.41) is 9.60. The smallest absolute Gasteiger partial charge is 0.260 e. The van der Waals surface area contributed by atoms with Gasteiger partial charge in [-0.3, -0.25) is 4.79 Å². The number of ether oxygens (including phenoxy) is 1. The summed E-state index contributed by atoms with van der Waals surface area (Å²) in [6.07, 6.45) is 1.57. The van der Waals surface area contributed by atoms with E-state index in [-0.39, 0.29) is 30.4 Å². The largest absolute Gasteiger partial charge is 0.491 e. The van der Waals surface area contributed by atoms with E-state index >= 15 is 0 Å². The van der Waals surface area contributed by atoms with Crippen LogP contribution in [0.3, 0.4) is 0 Å². The average molecular weight is 341 g/mol. The number of amides is 1. The minimum Gasteiger partial charge on any atom is -0.491 e. The normalized spacial score (nSPS) is 17.5. The Morgan fingerprint density at radius 3 is 3.04 bits per heavy atom. The summed E-state index contributed by atoms with van der Waals surface area (Å²) in [6, 6.07) is 9.25. The first-order valence-corrected chi connectivity index (χ1v) is 7.95. The molecule has 8 heteroatoms. The number of halogens is 1. The molecule has 4 rings (SSSR count). The summed E-state index contributed by atoms with van der Waals surface area (Å²) in [6.45, 7) is 2.49. The predicted octanol–water partition coefficient (Wildman–Crippen LogP) is 2.16. The van der Waals surface area contributed by atoms with E-state index in [0.717, 1.165) is 11.3 Å². The number of benzene rings is 1. The molecule has 2 bridgehead atoms. The Hall–Kier alpha value is -3.16. The molecule has 0 fully saturated rings. The van der Waals surface area contributed by atoms with Gasteiger partial charge in [0.15, 0.2) is 5.65 Å². The van der Waals surface area contributed by atoms with Gasteiger partial charge in [0.2, 0.25) is 5.95 Å². The average Bonchev–Trinajstić information content (AvgIpc) is 2.93. The highest BCUT2D eigenvalue weighted by molar-refractivity contribution is 6.00. The Balaban J connectivity index is 1.82. The molecule has 1 aliphatic rings. The van der Waals surface area contributed by atoms with Crippen LogP contribution < -0.4 is 15.4 Å². The Bertz CT molecular complexity index is 955. The van der Waals surface area contributed by atoms with Gasteiger partial charge in [0.05, 0.1) is 12.6 Å². The number of nitrogens with one attached hydrogen (secondary N) is 2. The lowest BCUT2D eigenvalue weighted by molar-refractivity contribution is 0.0944. The number of anilines is 1. The van der Waals surface area contributed by atoms with Gasteiger partial charge in [-0.15, -0.1) is 5.10 Å². The fourth-order valence-corrected chi connectivity index (χ4v) is 2.86. The van der Waals surface area contributed by atoms with Crippen molar-refractivity contribution < 1.29 is 13.9 Å². The van der Waals surface area contributed by atoms with Crippen molar-refractivity contribution in [3.05, 3.63) is 53.6 Å². The van der Waals surface area contributed by atoms with Crippen LogP contribution in [0.4, 0.5) is 10.2 Å². The SMILES string of the molecule is CC1Nc2ccn3nc(F)c(c3n2)C(=O)NCCOc2ccccc21. The van der Waals surface area contributed by atoms with E-state index in [0.29, 0.717) is 5.82 Å². The number of carbonyl (C=O) groups excluding carboxylic acids is 1. The zero-order valence-corrected chi connectivity index (χ0v) is 13.5. The summed E-state index contributed by atoms with van der Waals surface area (Å²) in [4.78, 5) is 16.7. The van der Waals surface area contributed by atoms with Crippen LogP contribution in [0, 0.1) is 5.95 Å². The molecule has 128 valence electrons. The van der Waals surface area contributed by atoms with Crippen molar-refractivity contribution in [2.24, 2.45) is 0 Å². The maximum atomic E-state index is 14.1. The van der Waals surface area contributed by atoms with Gasteiger partial charge in [0.1, 0.15) is 23.7 Å². The van der Waals surface area contributed by atoms with E-state index in [1.165, 1.54) is 4.52 Å². The van der Waals surface area contributed by atoms with Crippen molar-refractivity contribution in [3.63, 3.8) is 0 Å². The molecule has 1 unspecified atom stereocenters. The molecule has 0 aliphatic carbocycles. The van der Waals surface area contributed by atoms with Crippen LogP contribution in [0.15, 0.2) is 36.5 Å². The second kappa shape index (κ2) is 6.04. The van der Waals surface area contributed by atoms with Crippen LogP contribution in [-0.4, -0.2) is 33.7 Å². The van der Waals surface area contributed by atoms with E-state index in [4.69, 9.17) is 4.74 Å². The third-order valence-corrected chi connectivity index (χ3v) is 4.06. The van der Waals surface area contributed by atoms with Gasteiger partial charge >= 0.3 is 0 Å². The van der Waals surface area contributed by atoms with Crippen molar-refractivity contribution in [2.75, 3.05) is 18.5 Å². The number of fused-ring (bicyclic) bond motifs is 2. The molecular formula is C17H16FN5O2. The minimum absolute atomic E-state index is 0.0909. The fourth-order valence-electron chi connectivity index (χ4n) is 2.86. The lowest BCUT2D eigenvalue weighted by Crippen LogP contribution is -2.28. The van der Waals surface area contributed by atoms with Crippen molar-refractivity contribution in [1.82, 2.24) is 19.9 Å². The summed E-state index contributed by atoms with van der Waals surface area (Å²) >= 11 is 0. The first-order chi connectivity index (χ1) is 12.1. The first-order valence-electron chi connectivity index (χ1n) is 7.95. The molecule has 1 atom stereocenters. The van der Waals surface area contributed by atoms with E-state index in [1.807, 2.05) is 31.2 Å². The summed E-state index contributed by atoms with van der Waals surface area (Å²) < 4.78 is 21.1. The van der Waals surface area contributed by atoms with Crippen molar-refractivity contribution in [1.29, 1.82) is 0 Å². The van der Waals surface area contributed by atoms with Gasteiger partial charge < -0.3 is 15.4 Å². The third-order valence-electron chi connectivity index (χ3n) is 4.06. The quantitative estimate of drug-likeness (QED) is 0.655. The molecule has 2 N–H and O–H groups in total. The third kappa shape index (κ3) is 2.75. The maximum Gasteiger partial charge on any atom is 0.260 e. The van der Waals surface area contributed by atoms with E-state index in [9.17, 15) is 9.18 Å². The van der Waals surface area contributed by atoms with E-state index in [1.54, 1.807) is 12.3 Å². The Morgan fingerprint density at radius 1 is 1.32 bits per heavy atom. The predicted molar refractivity (Wildman–Crippen MR) is 89.3 cm³/mol. The second-order valence-corrected chi connectivity index (χ2v) is 5.75. The van der Waals surface area contributed by atoms with Crippen LogP contribution in [0.25, 0.3) is 5.65 Å². The molecule has 1 amide bonds. The topological polar surface area (TPSA) is 80.5 Å². The van der Waals surface area contributed by atoms with E-state index < -0.39 is 11.9 Å². The Morgan fingerprint density at radius 2 is 2.16 bits per heavy atom. The van der Waals surface area contributed by atoms with Crippen LogP contribution in [-0.2, 0) is 0 Å². The standard InChI is InChI=1S/C17H16FN5O2/c1-10-11-4-2-3-5-12(11)25-9-7-19-17(24)14-15(18)22-23-8-6-13(20-10)21-16(14)23/h2-6,8,10H,7,9H2,1H3,(H,19,24)(H,20,21). The molecule has 0 saturated heterocycles. The lowest BCUT2D eigenvalue weighted by atomic mass is 10.1. The molecule has 3 aromatic rings. The number of carbonyl (C=O) groups is 1. The zero-order valence-electron chi connectivity index (χ0n) is 13.5. The molecule has 25 heavy (non-hydrogen) atoms. The highest BCUT2D eigenvalue weighted by atomic mass is 19.1. The van der Waals surface area contributed by atoms with Crippen LogP contribution in [0.5, 0.6) is 5.75 Å². The van der Waals surface area contributed by atoms with Gasteiger partial charge in [-0.2, -0.15) is 4.39 Å². The number of rotatable bonds is 0. The molecule has 0 saturated carbocycles. The molecule has 7 nitrogen and oxygen atoms in total. The zero-order chi connectivity index (χ0) is 17.4. The highest BCUT2D eigenvalue weighted by Crippen LogP contribution is 2.27. The second-order valence-electron chi connectivity index (χ2n) is 5.75. The first kappa shape index (κ1) is 15.4. The van der Waals surface area contributed by atoms with Gasteiger partial charge in [0.25, 0.3) is 5.91 Å². The number of nitrogens with zero attached hydrogens (tertiary/aromatic N) is 3. The number of hydrogen-bond donors (Lipinski definition) is 2. The maximum absolute atomic E-state index is 14.1. The monoisotopic (exact) mass is 341 g/mol. The van der Waals surface area contributed by atoms with Gasteiger partial charge in [0, 0.05) is 11.8 Å². The van der Waals surface area contributed by atoms with E-state index in [2.05, 4.69) is 20.7 Å². The van der Waals surface area contributed by atoms with Crippen LogP contribution in [0.1, 0.15) is 28.9 Å². The van der Waals surface area contributed by atoms with Crippen LogP contribution >= 0.6 is 0 Å². The fraction of sp³-hybridized carbons (Fsp3) is 0.235. The molecule has 1 aliphatic heterocycles. The molecule has 0 radical (unpaired) electrons. The summed E-state index contributed by atoms with van der Waals surface area (Å²) in [5.41, 5.74) is 0.961. The minimum atomic E-state index is -0.853. The van der Waals surface area contributed by atoms with Gasteiger partial charge in [-0.1, -0.05) is 18.2 Å². The molecule has 0 spiro atoms. The van der Waals surface area contributed by atoms with Gasteiger partial charge in [-0.25, -0.2) is 9.50 Å². The molecular weight excluding hydrogens is 325 g/mol.